The Hall–Kier alpha value is -1.34. The average molecular weight is 354 g/mol. The summed E-state index contributed by atoms with van der Waals surface area (Å²) in [5.41, 5.74) is 1.23. The van der Waals surface area contributed by atoms with Crippen molar-refractivity contribution in [2.24, 2.45) is 4.99 Å². The van der Waals surface area contributed by atoms with E-state index in [1.165, 1.54) is 22.5 Å². The summed E-state index contributed by atoms with van der Waals surface area (Å²) < 4.78 is 4.62. The Kier molecular flexibility index (Phi) is 7.11. The van der Waals surface area contributed by atoms with Crippen molar-refractivity contribution in [3.05, 3.63) is 23.8 Å². The zero-order valence-corrected chi connectivity index (χ0v) is 15.4. The predicted molar refractivity (Wildman–Crippen MR) is 97.6 cm³/mol. The standard InChI is InChI=1S/C16H23N3O2S2/c1-4-22-12-8-11(9-13(10-12)23-5-2)14-6-7-17-15(18-14)19-16(20)21-3/h8-10,14H,4-7H2,1-3H3,(H2,17,18,19,20). The summed E-state index contributed by atoms with van der Waals surface area (Å²) in [6.45, 7) is 5.00. The van der Waals surface area contributed by atoms with Crippen molar-refractivity contribution in [2.75, 3.05) is 25.2 Å². The first kappa shape index (κ1) is 18.0. The number of carbonyl (C=O) groups excluding carboxylic acids is 1. The zero-order valence-electron chi connectivity index (χ0n) is 13.7. The average Bonchev–Trinajstić information content (AvgIpc) is 2.55. The summed E-state index contributed by atoms with van der Waals surface area (Å²) in [5.74, 6) is 2.58. The van der Waals surface area contributed by atoms with Gasteiger partial charge in [0, 0.05) is 16.3 Å². The van der Waals surface area contributed by atoms with Crippen molar-refractivity contribution >= 4 is 35.6 Å². The van der Waals surface area contributed by atoms with Crippen molar-refractivity contribution in [3.63, 3.8) is 0 Å². The van der Waals surface area contributed by atoms with E-state index in [4.69, 9.17) is 0 Å². The molecule has 1 aromatic rings. The van der Waals surface area contributed by atoms with Crippen LogP contribution in [-0.2, 0) is 4.74 Å². The lowest BCUT2D eigenvalue weighted by Crippen LogP contribution is -2.45. The molecular weight excluding hydrogens is 330 g/mol. The Bertz CT molecular complexity index is 554. The Balaban J connectivity index is 2.16. The SMILES string of the molecule is CCSc1cc(SCC)cc(C2CCN=C(NC(=O)OC)N2)c1. The van der Waals surface area contributed by atoms with Gasteiger partial charge in [0.15, 0.2) is 0 Å². The number of carbonyl (C=O) groups is 1. The highest BCUT2D eigenvalue weighted by atomic mass is 32.2. The van der Waals surface area contributed by atoms with Crippen LogP contribution in [0.1, 0.15) is 31.9 Å². The number of alkyl carbamates (subject to hydrolysis) is 1. The second-order valence-corrected chi connectivity index (χ2v) is 7.61. The van der Waals surface area contributed by atoms with Crippen LogP contribution in [0, 0.1) is 0 Å². The number of methoxy groups -OCH3 is 1. The topological polar surface area (TPSA) is 62.7 Å². The van der Waals surface area contributed by atoms with E-state index in [9.17, 15) is 4.79 Å². The first-order valence-electron chi connectivity index (χ1n) is 7.72. The van der Waals surface area contributed by atoms with Gasteiger partial charge in [0.05, 0.1) is 13.2 Å². The maximum atomic E-state index is 11.3. The smallest absolute Gasteiger partial charge is 0.413 e. The molecule has 0 bridgehead atoms. The molecule has 7 heteroatoms. The van der Waals surface area contributed by atoms with E-state index in [1.54, 1.807) is 0 Å². The molecule has 1 atom stereocenters. The summed E-state index contributed by atoms with van der Waals surface area (Å²) in [7, 11) is 1.34. The fourth-order valence-electron chi connectivity index (χ4n) is 2.36. The maximum absolute atomic E-state index is 11.3. The van der Waals surface area contributed by atoms with Crippen LogP contribution < -0.4 is 10.6 Å². The van der Waals surface area contributed by atoms with Crippen LogP contribution in [-0.4, -0.2) is 37.2 Å². The molecule has 0 aliphatic carbocycles. The van der Waals surface area contributed by atoms with E-state index in [0.717, 1.165) is 17.9 Å². The lowest BCUT2D eigenvalue weighted by molar-refractivity contribution is 0.176. The number of nitrogens with zero attached hydrogens (tertiary/aromatic N) is 1. The minimum Gasteiger partial charge on any atom is -0.453 e. The van der Waals surface area contributed by atoms with Crippen molar-refractivity contribution in [1.82, 2.24) is 10.6 Å². The number of guanidine groups is 1. The fraction of sp³-hybridized carbons (Fsp3) is 0.500. The minimum absolute atomic E-state index is 0.147. The van der Waals surface area contributed by atoms with Crippen LogP contribution in [0.15, 0.2) is 33.0 Å². The number of amides is 1. The first-order chi connectivity index (χ1) is 11.2. The van der Waals surface area contributed by atoms with E-state index in [0.29, 0.717) is 12.5 Å². The van der Waals surface area contributed by atoms with Crippen LogP contribution in [0.5, 0.6) is 0 Å². The summed E-state index contributed by atoms with van der Waals surface area (Å²) >= 11 is 3.69. The lowest BCUT2D eigenvalue weighted by atomic mass is 10.0. The zero-order chi connectivity index (χ0) is 16.7. The summed E-state index contributed by atoms with van der Waals surface area (Å²) in [6.07, 6.45) is 0.400. The molecule has 0 radical (unpaired) electrons. The molecule has 0 aromatic heterocycles. The van der Waals surface area contributed by atoms with Crippen LogP contribution in [0.3, 0.4) is 0 Å². The number of aliphatic imine (C=N–C) groups is 1. The maximum Gasteiger partial charge on any atom is 0.413 e. The van der Waals surface area contributed by atoms with Crippen molar-refractivity contribution in [1.29, 1.82) is 0 Å². The van der Waals surface area contributed by atoms with E-state index >= 15 is 0 Å². The van der Waals surface area contributed by atoms with Gasteiger partial charge < -0.3 is 10.1 Å². The predicted octanol–water partition coefficient (Wildman–Crippen LogP) is 3.66. The summed E-state index contributed by atoms with van der Waals surface area (Å²) in [5, 5.41) is 5.91. The van der Waals surface area contributed by atoms with E-state index in [2.05, 4.69) is 52.4 Å². The monoisotopic (exact) mass is 353 g/mol. The summed E-state index contributed by atoms with van der Waals surface area (Å²) in [4.78, 5) is 18.2. The Labute approximate surface area is 146 Å². The van der Waals surface area contributed by atoms with Crippen LogP contribution >= 0.6 is 23.5 Å². The molecule has 126 valence electrons. The van der Waals surface area contributed by atoms with Gasteiger partial charge in [-0.1, -0.05) is 13.8 Å². The number of thioether (sulfide) groups is 2. The molecule has 0 spiro atoms. The number of rotatable bonds is 5. The Morgan fingerprint density at radius 3 is 2.52 bits per heavy atom. The van der Waals surface area contributed by atoms with Gasteiger partial charge in [-0.05, 0) is 41.7 Å². The Morgan fingerprint density at radius 2 is 1.96 bits per heavy atom. The van der Waals surface area contributed by atoms with Crippen LogP contribution in [0.25, 0.3) is 0 Å². The highest BCUT2D eigenvalue weighted by molar-refractivity contribution is 8.00. The third kappa shape index (κ3) is 5.35. The molecular formula is C16H23N3O2S2. The molecule has 1 aliphatic rings. The van der Waals surface area contributed by atoms with Gasteiger partial charge in [-0.25, -0.2) is 4.79 Å². The minimum atomic E-state index is -0.505. The fourth-order valence-corrected chi connectivity index (χ4v) is 3.96. The molecule has 2 N–H and O–H groups in total. The number of ether oxygens (including phenoxy) is 1. The second-order valence-electron chi connectivity index (χ2n) is 4.94. The molecule has 1 aromatic carbocycles. The number of hydrogen-bond acceptors (Lipinski definition) is 6. The number of benzene rings is 1. The highest BCUT2D eigenvalue weighted by Gasteiger charge is 2.20. The third-order valence-electron chi connectivity index (χ3n) is 3.33. The van der Waals surface area contributed by atoms with Crippen LogP contribution in [0.4, 0.5) is 4.79 Å². The van der Waals surface area contributed by atoms with E-state index in [-0.39, 0.29) is 6.04 Å². The van der Waals surface area contributed by atoms with Crippen molar-refractivity contribution in [3.8, 4) is 0 Å². The summed E-state index contributed by atoms with van der Waals surface area (Å²) in [6, 6.07) is 6.85. The molecule has 0 saturated heterocycles. The molecule has 1 aliphatic heterocycles. The van der Waals surface area contributed by atoms with Gasteiger partial charge in [0.2, 0.25) is 5.96 Å². The Morgan fingerprint density at radius 1 is 1.30 bits per heavy atom. The molecule has 1 unspecified atom stereocenters. The van der Waals surface area contributed by atoms with Crippen molar-refractivity contribution in [2.45, 2.75) is 36.1 Å². The second kappa shape index (κ2) is 9.08. The van der Waals surface area contributed by atoms with Gasteiger partial charge in [-0.2, -0.15) is 0 Å². The quantitative estimate of drug-likeness (QED) is 0.791. The third-order valence-corrected chi connectivity index (χ3v) is 5.05. The first-order valence-corrected chi connectivity index (χ1v) is 9.69. The molecule has 2 rings (SSSR count). The van der Waals surface area contributed by atoms with E-state index in [1.807, 2.05) is 23.5 Å². The van der Waals surface area contributed by atoms with Gasteiger partial charge in [-0.15, -0.1) is 23.5 Å². The molecule has 0 saturated carbocycles. The normalized spacial score (nSPS) is 17.2. The lowest BCUT2D eigenvalue weighted by Gasteiger charge is -2.25. The number of nitrogens with one attached hydrogen (secondary N) is 2. The molecule has 0 fully saturated rings. The molecule has 23 heavy (non-hydrogen) atoms. The van der Waals surface area contributed by atoms with Gasteiger partial charge in [0.25, 0.3) is 0 Å². The highest BCUT2D eigenvalue weighted by Crippen LogP contribution is 2.31. The molecule has 1 heterocycles. The largest absolute Gasteiger partial charge is 0.453 e. The molecule has 5 nitrogen and oxygen atoms in total. The van der Waals surface area contributed by atoms with Crippen LogP contribution in [0.2, 0.25) is 0 Å². The van der Waals surface area contributed by atoms with Gasteiger partial charge >= 0.3 is 6.09 Å². The van der Waals surface area contributed by atoms with E-state index < -0.39 is 6.09 Å². The van der Waals surface area contributed by atoms with Gasteiger partial charge in [0.1, 0.15) is 0 Å². The van der Waals surface area contributed by atoms with Crippen molar-refractivity contribution < 1.29 is 9.53 Å². The van der Waals surface area contributed by atoms with Gasteiger partial charge in [-0.3, -0.25) is 10.3 Å². The molecule has 1 amide bonds. The number of hydrogen-bond donors (Lipinski definition) is 2.